The Balaban J connectivity index is 3.92. The van der Waals surface area contributed by atoms with Crippen LogP contribution in [0.25, 0.3) is 0 Å². The topological polar surface area (TPSA) is 46.2 Å². The third kappa shape index (κ3) is 5.18. The van der Waals surface area contributed by atoms with Crippen molar-refractivity contribution in [3.8, 4) is 0 Å². The Morgan fingerprint density at radius 3 is 0.759 bits per heavy atom. The molecule has 1 aliphatic heterocycles. The fourth-order valence-corrected chi connectivity index (χ4v) is 23.0. The first-order valence-electron chi connectivity index (χ1n) is 8.81. The Morgan fingerprint density at radius 2 is 0.586 bits per heavy atom. The maximum Gasteiger partial charge on any atom is 0.374 e. The summed E-state index contributed by atoms with van der Waals surface area (Å²) in [7, 11) is -16.1. The Bertz CT molecular complexity index is 661. The van der Waals surface area contributed by atoms with Crippen LogP contribution in [0.3, 0.4) is 0 Å². The van der Waals surface area contributed by atoms with Gasteiger partial charge in [-0.3, -0.25) is 0 Å². The van der Waals surface area contributed by atoms with Gasteiger partial charge in [0.1, 0.15) is 0 Å². The fraction of sp³-hybridized carbons (Fsp3) is 0.0526. The van der Waals surface area contributed by atoms with E-state index in [1.165, 1.54) is 0 Å². The van der Waals surface area contributed by atoms with E-state index in [1.807, 2.05) is 6.55 Å². The molecule has 0 aromatic rings. The van der Waals surface area contributed by atoms with E-state index in [9.17, 15) is 0 Å². The fourth-order valence-electron chi connectivity index (χ4n) is 2.57. The minimum absolute atomic E-state index is 1.61. The van der Waals surface area contributed by atoms with Crippen LogP contribution in [0.1, 0.15) is 0 Å². The van der Waals surface area contributed by atoms with Crippen LogP contribution in [0, 0.1) is 0 Å². The van der Waals surface area contributed by atoms with Crippen LogP contribution in [0.4, 0.5) is 0 Å². The zero-order valence-electron chi connectivity index (χ0n) is 17.1. The van der Waals surface area contributed by atoms with Crippen molar-refractivity contribution in [2.24, 2.45) is 0 Å². The first-order chi connectivity index (χ1) is 13.6. The molecule has 0 atom stereocenters. The SMILES string of the molecule is C=C[Si]1(C)O[Si](C=C)(C=C)O[Si](C=C)(C=C)O[Si](C=C)(C=C)O[Si](C=C)(C=C)O1. The highest BCUT2D eigenvalue weighted by atomic mass is 28.5. The van der Waals surface area contributed by atoms with Crippen molar-refractivity contribution in [2.45, 2.75) is 6.55 Å². The van der Waals surface area contributed by atoms with Crippen molar-refractivity contribution in [3.63, 3.8) is 0 Å². The summed E-state index contributed by atoms with van der Waals surface area (Å²) in [5.41, 5.74) is 14.6. The van der Waals surface area contributed by atoms with Crippen molar-refractivity contribution in [3.05, 3.63) is 111 Å². The van der Waals surface area contributed by atoms with Gasteiger partial charge < -0.3 is 20.6 Å². The summed E-state index contributed by atoms with van der Waals surface area (Å²) >= 11 is 0. The van der Waals surface area contributed by atoms with Gasteiger partial charge in [-0.25, -0.2) is 0 Å². The molecule has 1 aliphatic rings. The van der Waals surface area contributed by atoms with Gasteiger partial charge >= 0.3 is 42.8 Å². The van der Waals surface area contributed by atoms with Crippen molar-refractivity contribution in [1.82, 2.24) is 0 Å². The van der Waals surface area contributed by atoms with Crippen LogP contribution in [-0.2, 0) is 20.6 Å². The van der Waals surface area contributed by atoms with Gasteiger partial charge in [0.05, 0.1) is 0 Å². The highest BCUT2D eigenvalue weighted by Crippen LogP contribution is 2.34. The first-order valence-corrected chi connectivity index (χ1v) is 19.1. The van der Waals surface area contributed by atoms with E-state index in [1.54, 1.807) is 51.3 Å². The first kappa shape index (κ1) is 25.6. The molecule has 0 saturated carbocycles. The molecule has 10 heteroatoms. The van der Waals surface area contributed by atoms with Gasteiger partial charge in [0, 0.05) is 0 Å². The Kier molecular flexibility index (Phi) is 8.44. The van der Waals surface area contributed by atoms with Gasteiger partial charge in [0.25, 0.3) is 0 Å². The molecular weight excluding hydrogens is 449 g/mol. The quantitative estimate of drug-likeness (QED) is 0.458. The van der Waals surface area contributed by atoms with E-state index in [0.29, 0.717) is 0 Å². The zero-order chi connectivity index (χ0) is 22.4. The van der Waals surface area contributed by atoms with E-state index < -0.39 is 42.8 Å². The molecule has 0 aromatic heterocycles. The van der Waals surface area contributed by atoms with Crippen LogP contribution < -0.4 is 0 Å². The largest absolute Gasteiger partial charge is 0.406 e. The van der Waals surface area contributed by atoms with Crippen molar-refractivity contribution in [1.29, 1.82) is 0 Å². The molecule has 1 fully saturated rings. The summed E-state index contributed by atoms with van der Waals surface area (Å²) in [6.07, 6.45) is 0. The lowest BCUT2D eigenvalue weighted by Crippen LogP contribution is -2.67. The third-order valence-corrected chi connectivity index (χ3v) is 23.1. The molecular formula is C19H30O5Si5. The van der Waals surface area contributed by atoms with Crippen LogP contribution in [0.15, 0.2) is 111 Å². The molecule has 0 amide bonds. The van der Waals surface area contributed by atoms with Gasteiger partial charge in [-0.2, -0.15) is 0 Å². The third-order valence-electron chi connectivity index (χ3n) is 4.33. The molecule has 0 spiro atoms. The average molecular weight is 479 g/mol. The van der Waals surface area contributed by atoms with Crippen molar-refractivity contribution >= 4 is 42.8 Å². The van der Waals surface area contributed by atoms with Gasteiger partial charge in [-0.1, -0.05) is 5.70 Å². The molecule has 1 saturated heterocycles. The van der Waals surface area contributed by atoms with E-state index in [4.69, 9.17) is 20.6 Å². The van der Waals surface area contributed by atoms with Crippen LogP contribution in [0.5, 0.6) is 0 Å². The van der Waals surface area contributed by atoms with Gasteiger partial charge in [0.15, 0.2) is 0 Å². The molecule has 1 heterocycles. The standard InChI is InChI=1S/C19H30O5Si5/c1-11-25(10)20-26(12-2,13-3)22-28(16-6,17-7)24-29(18-8,19-9)23-27(14-4,15-5)21-25/h11-19H,1-9H2,10H3. The maximum atomic E-state index is 6.49. The second kappa shape index (κ2) is 9.57. The lowest BCUT2D eigenvalue weighted by Gasteiger charge is -2.47. The monoisotopic (exact) mass is 478 g/mol. The lowest BCUT2D eigenvalue weighted by atomic mass is 11.2. The molecule has 0 bridgehead atoms. The molecule has 29 heavy (non-hydrogen) atoms. The number of hydrogen-bond acceptors (Lipinski definition) is 5. The highest BCUT2D eigenvalue weighted by molar-refractivity contribution is 7.03. The molecule has 0 N–H and O–H groups in total. The summed E-state index contributed by atoms with van der Waals surface area (Å²) in [6, 6.07) is 0. The van der Waals surface area contributed by atoms with E-state index in [0.717, 1.165) is 0 Å². The summed E-state index contributed by atoms with van der Waals surface area (Å²) in [4.78, 5) is 0. The average Bonchev–Trinajstić information content (AvgIpc) is 2.76. The summed E-state index contributed by atoms with van der Waals surface area (Å²) < 4.78 is 32.4. The Labute approximate surface area is 180 Å². The molecule has 1 rings (SSSR count). The van der Waals surface area contributed by atoms with Crippen LogP contribution in [-0.4, -0.2) is 42.8 Å². The molecule has 0 radical (unpaired) electrons. The molecule has 0 aliphatic carbocycles. The van der Waals surface area contributed by atoms with Gasteiger partial charge in [-0.15, -0.1) is 59.2 Å². The summed E-state index contributed by atoms with van der Waals surface area (Å²) in [5.74, 6) is 0. The second-order valence-corrected chi connectivity index (χ2v) is 21.8. The smallest absolute Gasteiger partial charge is 0.374 e. The van der Waals surface area contributed by atoms with Crippen molar-refractivity contribution < 1.29 is 20.6 Å². The van der Waals surface area contributed by atoms with Gasteiger partial charge in [-0.05, 0) is 52.1 Å². The van der Waals surface area contributed by atoms with E-state index >= 15 is 0 Å². The highest BCUT2D eigenvalue weighted by Gasteiger charge is 2.57. The normalized spacial score (nSPS) is 23.9. The van der Waals surface area contributed by atoms with E-state index in [-0.39, 0.29) is 0 Å². The van der Waals surface area contributed by atoms with Gasteiger partial charge in [0.2, 0.25) is 0 Å². The second-order valence-electron chi connectivity index (χ2n) is 6.25. The molecule has 0 aromatic carbocycles. The maximum absolute atomic E-state index is 6.49. The Morgan fingerprint density at radius 1 is 0.379 bits per heavy atom. The minimum atomic E-state index is -3.28. The van der Waals surface area contributed by atoms with Crippen molar-refractivity contribution in [2.75, 3.05) is 0 Å². The zero-order valence-corrected chi connectivity index (χ0v) is 22.1. The molecule has 0 unspecified atom stereocenters. The number of hydrogen-bond donors (Lipinski definition) is 0. The number of rotatable bonds is 9. The summed E-state index contributed by atoms with van der Waals surface area (Å²) in [5, 5.41) is 0. The minimum Gasteiger partial charge on any atom is -0.406 e. The van der Waals surface area contributed by atoms with E-state index in [2.05, 4.69) is 59.2 Å². The molecule has 156 valence electrons. The van der Waals surface area contributed by atoms with Crippen LogP contribution >= 0.6 is 0 Å². The Hall–Kier alpha value is -1.46. The summed E-state index contributed by atoms with van der Waals surface area (Å²) in [6.45, 7) is 37.1. The lowest BCUT2D eigenvalue weighted by molar-refractivity contribution is 0.261. The van der Waals surface area contributed by atoms with Crippen LogP contribution in [0.2, 0.25) is 6.55 Å². The predicted molar refractivity (Wildman–Crippen MR) is 132 cm³/mol. The predicted octanol–water partition coefficient (Wildman–Crippen LogP) is 4.45. The molecule has 5 nitrogen and oxygen atoms in total.